The van der Waals surface area contributed by atoms with Gasteiger partial charge < -0.3 is 20.3 Å². The van der Waals surface area contributed by atoms with Gasteiger partial charge in [0.1, 0.15) is 0 Å². The van der Waals surface area contributed by atoms with Crippen molar-refractivity contribution in [2.75, 3.05) is 13.7 Å². The fourth-order valence-electron chi connectivity index (χ4n) is 1.78. The first-order valence-corrected chi connectivity index (χ1v) is 6.15. The molecule has 0 heterocycles. The van der Waals surface area contributed by atoms with Crippen LogP contribution in [0.4, 0.5) is 0 Å². The molecule has 110 valence electrons. The lowest BCUT2D eigenvalue weighted by Gasteiger charge is -2.21. The number of aliphatic hydroxyl groups is 1. The molecule has 1 aromatic rings. The molecule has 0 spiro atoms. The van der Waals surface area contributed by atoms with Crippen molar-refractivity contribution in [3.63, 3.8) is 0 Å². The Hall–Kier alpha value is -1.92. The van der Waals surface area contributed by atoms with Crippen LogP contribution in [0.1, 0.15) is 29.3 Å². The molecule has 1 unspecified atom stereocenters. The van der Waals surface area contributed by atoms with Crippen molar-refractivity contribution in [2.45, 2.75) is 25.6 Å². The molecule has 0 radical (unpaired) electrons. The van der Waals surface area contributed by atoms with E-state index in [1.165, 1.54) is 14.0 Å². The molecule has 0 saturated heterocycles. The van der Waals surface area contributed by atoms with Crippen molar-refractivity contribution >= 4 is 11.9 Å². The molecule has 1 atom stereocenters. The monoisotopic (exact) mass is 281 g/mol. The van der Waals surface area contributed by atoms with E-state index >= 15 is 0 Å². The van der Waals surface area contributed by atoms with Crippen molar-refractivity contribution in [3.8, 4) is 0 Å². The van der Waals surface area contributed by atoms with Crippen LogP contribution in [0.2, 0.25) is 0 Å². The molecular formula is C14H19NO5. The maximum absolute atomic E-state index is 12.0. The first-order valence-electron chi connectivity index (χ1n) is 6.15. The Morgan fingerprint density at radius 2 is 2.00 bits per heavy atom. The molecule has 0 aliphatic heterocycles. The Morgan fingerprint density at radius 3 is 2.60 bits per heavy atom. The quantitative estimate of drug-likeness (QED) is 0.686. The van der Waals surface area contributed by atoms with E-state index in [0.29, 0.717) is 12.2 Å². The number of carboxylic acids is 1. The summed E-state index contributed by atoms with van der Waals surface area (Å²) in [5.41, 5.74) is -0.316. The Kier molecular flexibility index (Phi) is 5.66. The largest absolute Gasteiger partial charge is 0.481 e. The highest BCUT2D eigenvalue weighted by Crippen LogP contribution is 2.11. The average molecular weight is 281 g/mol. The minimum absolute atomic E-state index is 0.139. The SMILES string of the molecule is COCc1ccccc1C(=O)NCC(C)(O)CC(=O)O. The molecule has 20 heavy (non-hydrogen) atoms. The molecule has 0 bridgehead atoms. The average Bonchev–Trinajstić information content (AvgIpc) is 2.36. The number of methoxy groups -OCH3 is 1. The van der Waals surface area contributed by atoms with Gasteiger partial charge in [0.15, 0.2) is 0 Å². The fourth-order valence-corrected chi connectivity index (χ4v) is 1.78. The summed E-state index contributed by atoms with van der Waals surface area (Å²) in [5, 5.41) is 21.0. The Bertz CT molecular complexity index is 484. The van der Waals surface area contributed by atoms with E-state index in [1.807, 2.05) is 0 Å². The number of carbonyl (C=O) groups is 2. The van der Waals surface area contributed by atoms with E-state index in [-0.39, 0.29) is 12.5 Å². The van der Waals surface area contributed by atoms with Crippen LogP contribution >= 0.6 is 0 Å². The zero-order valence-electron chi connectivity index (χ0n) is 11.5. The van der Waals surface area contributed by atoms with Crippen LogP contribution in [-0.2, 0) is 16.1 Å². The van der Waals surface area contributed by atoms with Gasteiger partial charge in [-0.2, -0.15) is 0 Å². The van der Waals surface area contributed by atoms with Gasteiger partial charge in [-0.1, -0.05) is 18.2 Å². The number of benzene rings is 1. The molecule has 0 aliphatic rings. The van der Waals surface area contributed by atoms with Crippen molar-refractivity contribution < 1.29 is 24.5 Å². The Balaban J connectivity index is 2.70. The van der Waals surface area contributed by atoms with Gasteiger partial charge >= 0.3 is 5.97 Å². The fraction of sp³-hybridized carbons (Fsp3) is 0.429. The predicted octanol–water partition coefficient (Wildman–Crippen LogP) is 0.788. The molecule has 3 N–H and O–H groups in total. The molecule has 0 saturated carbocycles. The molecule has 1 aromatic carbocycles. The standard InChI is InChI=1S/C14H19NO5/c1-14(19,7-12(16)17)9-15-13(18)11-6-4-3-5-10(11)8-20-2/h3-6,19H,7-9H2,1-2H3,(H,15,18)(H,16,17). The number of rotatable bonds is 7. The highest BCUT2D eigenvalue weighted by molar-refractivity contribution is 5.95. The molecular weight excluding hydrogens is 262 g/mol. The van der Waals surface area contributed by atoms with Crippen molar-refractivity contribution in [2.24, 2.45) is 0 Å². The van der Waals surface area contributed by atoms with E-state index in [9.17, 15) is 14.7 Å². The lowest BCUT2D eigenvalue weighted by molar-refractivity contribution is -0.141. The summed E-state index contributed by atoms with van der Waals surface area (Å²) in [7, 11) is 1.53. The third-order valence-corrected chi connectivity index (χ3v) is 2.72. The van der Waals surface area contributed by atoms with Crippen molar-refractivity contribution in [3.05, 3.63) is 35.4 Å². The Morgan fingerprint density at radius 1 is 1.35 bits per heavy atom. The van der Waals surface area contributed by atoms with Gasteiger partial charge in [0.2, 0.25) is 0 Å². The normalized spacial score (nSPS) is 13.6. The summed E-state index contributed by atoms with van der Waals surface area (Å²) in [6.07, 6.45) is -0.438. The number of amides is 1. The first-order chi connectivity index (χ1) is 9.35. The van der Waals surface area contributed by atoms with Gasteiger partial charge in [-0.3, -0.25) is 9.59 Å². The molecule has 1 amide bonds. The van der Waals surface area contributed by atoms with E-state index in [1.54, 1.807) is 24.3 Å². The lowest BCUT2D eigenvalue weighted by Crippen LogP contribution is -2.42. The minimum Gasteiger partial charge on any atom is -0.481 e. The van der Waals surface area contributed by atoms with Crippen LogP contribution in [0.5, 0.6) is 0 Å². The second-order valence-electron chi connectivity index (χ2n) is 4.84. The second-order valence-corrected chi connectivity index (χ2v) is 4.84. The number of aliphatic carboxylic acids is 1. The number of nitrogens with one attached hydrogen (secondary N) is 1. The zero-order chi connectivity index (χ0) is 15.2. The predicted molar refractivity (Wildman–Crippen MR) is 72.4 cm³/mol. The molecule has 0 aromatic heterocycles. The maximum Gasteiger partial charge on any atom is 0.306 e. The number of hydrogen-bond acceptors (Lipinski definition) is 4. The highest BCUT2D eigenvalue weighted by atomic mass is 16.5. The summed E-state index contributed by atoms with van der Waals surface area (Å²) in [5.74, 6) is -1.49. The summed E-state index contributed by atoms with van der Waals surface area (Å²) in [6.45, 7) is 1.52. The summed E-state index contributed by atoms with van der Waals surface area (Å²) in [6, 6.07) is 6.94. The van der Waals surface area contributed by atoms with Gasteiger partial charge in [-0.05, 0) is 18.6 Å². The minimum atomic E-state index is -1.49. The van der Waals surface area contributed by atoms with Gasteiger partial charge in [-0.15, -0.1) is 0 Å². The molecule has 6 heteroatoms. The maximum atomic E-state index is 12.0. The first kappa shape index (κ1) is 16.1. The van der Waals surface area contributed by atoms with Crippen LogP contribution in [0.25, 0.3) is 0 Å². The molecule has 6 nitrogen and oxygen atoms in total. The van der Waals surface area contributed by atoms with E-state index in [0.717, 1.165) is 5.56 Å². The number of ether oxygens (including phenoxy) is 1. The highest BCUT2D eigenvalue weighted by Gasteiger charge is 2.25. The summed E-state index contributed by atoms with van der Waals surface area (Å²) in [4.78, 5) is 22.6. The summed E-state index contributed by atoms with van der Waals surface area (Å²) >= 11 is 0. The number of carbonyl (C=O) groups excluding carboxylic acids is 1. The van der Waals surface area contributed by atoms with E-state index in [2.05, 4.69) is 5.32 Å². The summed E-state index contributed by atoms with van der Waals surface area (Å²) < 4.78 is 5.01. The number of hydrogen-bond donors (Lipinski definition) is 3. The smallest absolute Gasteiger partial charge is 0.306 e. The van der Waals surface area contributed by atoms with Crippen LogP contribution in [-0.4, -0.2) is 41.3 Å². The second kappa shape index (κ2) is 7.02. The van der Waals surface area contributed by atoms with Crippen LogP contribution < -0.4 is 5.32 Å². The molecule has 0 aliphatic carbocycles. The van der Waals surface area contributed by atoms with Gasteiger partial charge in [-0.25, -0.2) is 0 Å². The van der Waals surface area contributed by atoms with Gasteiger partial charge in [0.05, 0.1) is 18.6 Å². The van der Waals surface area contributed by atoms with Gasteiger partial charge in [0, 0.05) is 19.2 Å². The van der Waals surface area contributed by atoms with Crippen molar-refractivity contribution in [1.82, 2.24) is 5.32 Å². The lowest BCUT2D eigenvalue weighted by atomic mass is 10.0. The van der Waals surface area contributed by atoms with Crippen LogP contribution in [0.3, 0.4) is 0 Å². The van der Waals surface area contributed by atoms with Crippen molar-refractivity contribution in [1.29, 1.82) is 0 Å². The van der Waals surface area contributed by atoms with Gasteiger partial charge in [0.25, 0.3) is 5.91 Å². The number of carboxylic acid groups (broad SMARTS) is 1. The zero-order valence-corrected chi connectivity index (χ0v) is 11.5. The van der Waals surface area contributed by atoms with E-state index in [4.69, 9.17) is 9.84 Å². The van der Waals surface area contributed by atoms with Crippen LogP contribution in [0.15, 0.2) is 24.3 Å². The third kappa shape index (κ3) is 4.99. The molecule has 0 fully saturated rings. The molecule has 1 rings (SSSR count). The van der Waals surface area contributed by atoms with Crippen LogP contribution in [0, 0.1) is 0 Å². The van der Waals surface area contributed by atoms with E-state index < -0.39 is 18.0 Å². The third-order valence-electron chi connectivity index (χ3n) is 2.72. The topological polar surface area (TPSA) is 95.9 Å². The Labute approximate surface area is 117 Å².